The molecule has 0 saturated carbocycles. The van der Waals surface area contributed by atoms with Crippen molar-refractivity contribution in [2.75, 3.05) is 11.9 Å². The van der Waals surface area contributed by atoms with E-state index in [1.165, 1.54) is 12.1 Å². The lowest BCUT2D eigenvalue weighted by molar-refractivity contribution is 0.583. The molecule has 0 aliphatic rings. The number of rotatable bonds is 4. The first kappa shape index (κ1) is 16.9. The van der Waals surface area contributed by atoms with Gasteiger partial charge in [-0.1, -0.05) is 6.07 Å². The molecule has 0 atom stereocenters. The summed E-state index contributed by atoms with van der Waals surface area (Å²) < 4.78 is 27.1. The number of halogens is 2. The largest absolute Gasteiger partial charge is 0.344 e. The number of aromatic amines is 1. The lowest BCUT2D eigenvalue weighted by atomic mass is 10.1. The zero-order chi connectivity index (χ0) is 18.8. The summed E-state index contributed by atoms with van der Waals surface area (Å²) >= 11 is 0. The van der Waals surface area contributed by atoms with Gasteiger partial charge in [-0.3, -0.25) is 10.1 Å². The molecular weight excluding hydrogens is 346 g/mol. The fraction of sp³-hybridized carbons (Fsp3) is 0.0476. The first-order chi connectivity index (χ1) is 13.1. The first-order valence-electron chi connectivity index (χ1n) is 8.37. The highest BCUT2D eigenvalue weighted by molar-refractivity contribution is 5.92. The lowest BCUT2D eigenvalue weighted by Crippen LogP contribution is -2.09. The summed E-state index contributed by atoms with van der Waals surface area (Å²) in [4.78, 5) is 5.98. The molecule has 0 amide bonds. The van der Waals surface area contributed by atoms with Crippen LogP contribution < -0.4 is 4.90 Å². The van der Waals surface area contributed by atoms with Gasteiger partial charge >= 0.3 is 0 Å². The predicted molar refractivity (Wildman–Crippen MR) is 104 cm³/mol. The average molecular weight is 362 g/mol. The Bertz CT molecular complexity index is 1100. The maximum atomic E-state index is 13.5. The minimum Gasteiger partial charge on any atom is -0.344 e. The smallest absolute Gasteiger partial charge is 0.128 e. The zero-order valence-corrected chi connectivity index (χ0v) is 14.5. The molecule has 0 radical (unpaired) electrons. The third-order valence-corrected chi connectivity index (χ3v) is 4.30. The third-order valence-electron chi connectivity index (χ3n) is 4.30. The van der Waals surface area contributed by atoms with E-state index in [0.717, 1.165) is 34.0 Å². The van der Waals surface area contributed by atoms with Crippen LogP contribution in [0, 0.1) is 11.6 Å². The van der Waals surface area contributed by atoms with Crippen molar-refractivity contribution in [2.24, 2.45) is 0 Å². The summed E-state index contributed by atoms with van der Waals surface area (Å²) in [5.74, 6) is -1.22. The molecule has 0 fully saturated rings. The Morgan fingerprint density at radius 3 is 2.48 bits per heavy atom. The van der Waals surface area contributed by atoms with Crippen LogP contribution in [0.2, 0.25) is 0 Å². The van der Waals surface area contributed by atoms with Crippen LogP contribution in [-0.2, 0) is 0 Å². The van der Waals surface area contributed by atoms with Gasteiger partial charge in [0.05, 0.1) is 16.9 Å². The number of hydrogen-bond donors (Lipinski definition) is 1. The summed E-state index contributed by atoms with van der Waals surface area (Å²) in [6.45, 7) is 0. The number of H-pyrrole nitrogens is 1. The van der Waals surface area contributed by atoms with Crippen LogP contribution in [0.25, 0.3) is 23.1 Å². The van der Waals surface area contributed by atoms with Crippen LogP contribution in [0.1, 0.15) is 11.4 Å². The maximum Gasteiger partial charge on any atom is 0.128 e. The number of nitrogens with zero attached hydrogens (tertiary/aromatic N) is 3. The quantitative estimate of drug-likeness (QED) is 0.544. The van der Waals surface area contributed by atoms with Crippen molar-refractivity contribution >= 4 is 34.4 Å². The van der Waals surface area contributed by atoms with Gasteiger partial charge in [-0.05, 0) is 54.6 Å². The molecule has 0 aliphatic heterocycles. The molecule has 2 aromatic carbocycles. The first-order valence-corrected chi connectivity index (χ1v) is 8.37. The second-order valence-corrected chi connectivity index (χ2v) is 6.11. The normalized spacial score (nSPS) is 11.4. The molecule has 27 heavy (non-hydrogen) atoms. The van der Waals surface area contributed by atoms with Crippen LogP contribution in [0.15, 0.2) is 60.8 Å². The van der Waals surface area contributed by atoms with E-state index < -0.39 is 11.6 Å². The molecule has 0 unspecified atom stereocenters. The number of benzene rings is 2. The molecular formula is C21H16F2N4. The molecule has 2 aromatic heterocycles. The average Bonchev–Trinajstić information content (AvgIpc) is 3.08. The zero-order valence-electron chi connectivity index (χ0n) is 14.5. The van der Waals surface area contributed by atoms with E-state index in [9.17, 15) is 8.78 Å². The molecule has 4 nitrogen and oxygen atoms in total. The van der Waals surface area contributed by atoms with Crippen LogP contribution in [-0.4, -0.2) is 22.2 Å². The molecule has 0 spiro atoms. The summed E-state index contributed by atoms with van der Waals surface area (Å²) in [5.41, 5.74) is 3.69. The van der Waals surface area contributed by atoms with E-state index in [0.29, 0.717) is 5.69 Å². The third kappa shape index (κ3) is 3.55. The van der Waals surface area contributed by atoms with Crippen molar-refractivity contribution in [3.8, 4) is 0 Å². The van der Waals surface area contributed by atoms with Crippen LogP contribution in [0.5, 0.6) is 0 Å². The van der Waals surface area contributed by atoms with Crippen molar-refractivity contribution in [1.29, 1.82) is 0 Å². The Kier molecular flexibility index (Phi) is 4.38. The minimum absolute atomic E-state index is 0.431. The van der Waals surface area contributed by atoms with Gasteiger partial charge in [0.2, 0.25) is 0 Å². The second-order valence-electron chi connectivity index (χ2n) is 6.11. The Labute approximate surface area is 154 Å². The molecule has 2 heterocycles. The van der Waals surface area contributed by atoms with Crippen molar-refractivity contribution in [3.05, 3.63) is 83.8 Å². The van der Waals surface area contributed by atoms with Gasteiger partial charge in [-0.2, -0.15) is 5.10 Å². The number of nitrogens with one attached hydrogen (secondary N) is 1. The van der Waals surface area contributed by atoms with E-state index in [4.69, 9.17) is 0 Å². The van der Waals surface area contributed by atoms with Gasteiger partial charge in [0, 0.05) is 36.1 Å². The van der Waals surface area contributed by atoms with Crippen LogP contribution in [0.4, 0.5) is 20.2 Å². The minimum atomic E-state index is -0.611. The fourth-order valence-corrected chi connectivity index (χ4v) is 2.88. The monoisotopic (exact) mass is 362 g/mol. The van der Waals surface area contributed by atoms with Gasteiger partial charge in [-0.25, -0.2) is 8.78 Å². The predicted octanol–water partition coefficient (Wildman–Crippen LogP) is 5.17. The maximum absolute atomic E-state index is 13.5. The van der Waals surface area contributed by atoms with Gasteiger partial charge < -0.3 is 4.90 Å². The number of aromatic nitrogens is 3. The second kappa shape index (κ2) is 6.99. The highest BCUT2D eigenvalue weighted by Crippen LogP contribution is 2.29. The summed E-state index contributed by atoms with van der Waals surface area (Å²) in [7, 11) is 1.76. The highest BCUT2D eigenvalue weighted by Gasteiger charge is 2.10. The van der Waals surface area contributed by atoms with E-state index in [2.05, 4.69) is 15.2 Å². The van der Waals surface area contributed by atoms with E-state index in [1.807, 2.05) is 48.6 Å². The molecule has 6 heteroatoms. The number of fused-ring (bicyclic) bond motifs is 1. The van der Waals surface area contributed by atoms with Crippen molar-refractivity contribution < 1.29 is 8.78 Å². The van der Waals surface area contributed by atoms with E-state index in [1.54, 1.807) is 18.1 Å². The summed E-state index contributed by atoms with van der Waals surface area (Å²) in [6.07, 6.45) is 5.49. The molecule has 134 valence electrons. The highest BCUT2D eigenvalue weighted by atomic mass is 19.1. The van der Waals surface area contributed by atoms with Crippen molar-refractivity contribution in [1.82, 2.24) is 15.2 Å². The van der Waals surface area contributed by atoms with Crippen molar-refractivity contribution in [3.63, 3.8) is 0 Å². The van der Waals surface area contributed by atoms with Gasteiger partial charge in [-0.15, -0.1) is 0 Å². The van der Waals surface area contributed by atoms with Crippen LogP contribution in [0.3, 0.4) is 0 Å². The molecule has 0 aliphatic carbocycles. The van der Waals surface area contributed by atoms with Gasteiger partial charge in [0.25, 0.3) is 0 Å². The molecule has 0 saturated heterocycles. The number of pyridine rings is 1. The van der Waals surface area contributed by atoms with Crippen molar-refractivity contribution in [2.45, 2.75) is 0 Å². The SMILES string of the molecule is CN(c1cc(F)cc(F)c1)c1ccc2[nH]nc(/C=C/c3ccccn3)c2c1. The standard InChI is InChI=1S/C21H16F2N4/c1-27(18-11-14(22)10-15(23)12-18)17-6-8-21-19(13-17)20(25-26-21)7-5-16-4-2-3-9-24-16/h2-13H,1H3,(H,25,26)/b7-5+. The van der Waals surface area contributed by atoms with E-state index in [-0.39, 0.29) is 0 Å². The topological polar surface area (TPSA) is 44.8 Å². The van der Waals surface area contributed by atoms with E-state index >= 15 is 0 Å². The molecule has 0 bridgehead atoms. The Balaban J connectivity index is 1.70. The number of hydrogen-bond acceptors (Lipinski definition) is 3. The fourth-order valence-electron chi connectivity index (χ4n) is 2.88. The van der Waals surface area contributed by atoms with Gasteiger partial charge in [0.15, 0.2) is 0 Å². The Hall–Kier alpha value is -3.54. The molecule has 4 rings (SSSR count). The van der Waals surface area contributed by atoms with Gasteiger partial charge in [0.1, 0.15) is 11.6 Å². The summed E-state index contributed by atoms with van der Waals surface area (Å²) in [5, 5.41) is 8.23. The summed E-state index contributed by atoms with van der Waals surface area (Å²) in [6, 6.07) is 14.8. The lowest BCUT2D eigenvalue weighted by Gasteiger charge is -2.19. The Morgan fingerprint density at radius 2 is 1.74 bits per heavy atom. The molecule has 1 N–H and O–H groups in total. The Morgan fingerprint density at radius 1 is 0.926 bits per heavy atom. The van der Waals surface area contributed by atoms with Crippen LogP contribution >= 0.6 is 0 Å². The number of anilines is 2. The molecule has 4 aromatic rings.